The van der Waals surface area contributed by atoms with E-state index in [1.54, 1.807) is 12.1 Å². The molecule has 0 saturated carbocycles. The highest BCUT2D eigenvalue weighted by Gasteiger charge is 2.14. The Morgan fingerprint density at radius 2 is 2.18 bits per heavy atom. The number of rotatable bonds is 3. The number of thioether (sulfide) groups is 1. The average molecular weight is 251 g/mol. The zero-order chi connectivity index (χ0) is 12.4. The largest absolute Gasteiger partial charge is 0.507 e. The normalized spacial score (nSPS) is 10.4. The second-order valence-electron chi connectivity index (χ2n) is 3.26. The van der Waals surface area contributed by atoms with E-state index in [2.05, 4.69) is 9.68 Å². The summed E-state index contributed by atoms with van der Waals surface area (Å²) < 4.78 is 4.63. The van der Waals surface area contributed by atoms with Gasteiger partial charge in [0, 0.05) is 16.5 Å². The van der Waals surface area contributed by atoms with E-state index in [1.165, 1.54) is 17.8 Å². The third-order valence-corrected chi connectivity index (χ3v) is 2.93. The number of aromatic carboxylic acids is 1. The van der Waals surface area contributed by atoms with Crippen molar-refractivity contribution in [3.63, 3.8) is 0 Å². The predicted molar refractivity (Wildman–Crippen MR) is 62.3 cm³/mol. The Kier molecular flexibility index (Phi) is 3.06. The van der Waals surface area contributed by atoms with E-state index in [9.17, 15) is 9.90 Å². The molecule has 0 aliphatic rings. The molecular formula is C11H9NO4S. The fraction of sp³-hybridized carbons (Fsp3) is 0.0909. The first-order valence-electron chi connectivity index (χ1n) is 4.69. The average Bonchev–Trinajstić information content (AvgIpc) is 2.78. The Morgan fingerprint density at radius 1 is 1.41 bits per heavy atom. The van der Waals surface area contributed by atoms with E-state index in [0.29, 0.717) is 11.3 Å². The van der Waals surface area contributed by atoms with Gasteiger partial charge in [-0.1, -0.05) is 5.16 Å². The van der Waals surface area contributed by atoms with Crippen molar-refractivity contribution in [1.29, 1.82) is 0 Å². The topological polar surface area (TPSA) is 83.6 Å². The van der Waals surface area contributed by atoms with Gasteiger partial charge in [-0.05, 0) is 24.5 Å². The Labute approximate surface area is 101 Å². The van der Waals surface area contributed by atoms with E-state index in [1.807, 2.05) is 12.3 Å². The second kappa shape index (κ2) is 4.50. The Hall–Kier alpha value is -1.95. The van der Waals surface area contributed by atoms with Crippen molar-refractivity contribution in [1.82, 2.24) is 5.16 Å². The highest BCUT2D eigenvalue weighted by atomic mass is 32.2. The predicted octanol–water partition coefficient (Wildman–Crippen LogP) is 2.47. The maximum absolute atomic E-state index is 10.6. The molecule has 0 aliphatic heterocycles. The highest BCUT2D eigenvalue weighted by molar-refractivity contribution is 7.98. The van der Waals surface area contributed by atoms with Crippen LogP contribution in [0.3, 0.4) is 0 Å². The van der Waals surface area contributed by atoms with Gasteiger partial charge in [-0.2, -0.15) is 0 Å². The van der Waals surface area contributed by atoms with Gasteiger partial charge < -0.3 is 14.7 Å². The molecule has 0 fully saturated rings. The number of hydrogen-bond acceptors (Lipinski definition) is 5. The van der Waals surface area contributed by atoms with Crippen LogP contribution in [0.25, 0.3) is 11.3 Å². The molecule has 0 spiro atoms. The Balaban J connectivity index is 2.42. The quantitative estimate of drug-likeness (QED) is 0.815. The summed E-state index contributed by atoms with van der Waals surface area (Å²) in [6, 6.07) is 6.35. The number of phenols is 1. The van der Waals surface area contributed by atoms with Crippen LogP contribution in [-0.2, 0) is 0 Å². The third kappa shape index (κ3) is 2.26. The number of benzene rings is 1. The number of nitrogens with zero attached hydrogens (tertiary/aromatic N) is 1. The lowest BCUT2D eigenvalue weighted by Crippen LogP contribution is -1.91. The lowest BCUT2D eigenvalue weighted by Gasteiger charge is -2.02. The summed E-state index contributed by atoms with van der Waals surface area (Å²) in [6.45, 7) is 0. The van der Waals surface area contributed by atoms with Gasteiger partial charge in [-0.25, -0.2) is 4.79 Å². The van der Waals surface area contributed by atoms with Crippen LogP contribution in [0.15, 0.2) is 33.7 Å². The van der Waals surface area contributed by atoms with Crippen LogP contribution in [0, 0.1) is 0 Å². The van der Waals surface area contributed by atoms with Crippen LogP contribution < -0.4 is 0 Å². The van der Waals surface area contributed by atoms with Gasteiger partial charge in [0.05, 0.1) is 0 Å². The van der Waals surface area contributed by atoms with Gasteiger partial charge in [0.15, 0.2) is 0 Å². The van der Waals surface area contributed by atoms with E-state index in [-0.39, 0.29) is 11.5 Å². The number of carboxylic acid groups (broad SMARTS) is 1. The van der Waals surface area contributed by atoms with Crippen LogP contribution >= 0.6 is 11.8 Å². The molecule has 0 atom stereocenters. The molecule has 2 aromatic rings. The lowest BCUT2D eigenvalue weighted by molar-refractivity contribution is 0.0652. The minimum Gasteiger partial charge on any atom is -0.507 e. The maximum Gasteiger partial charge on any atom is 0.374 e. The van der Waals surface area contributed by atoms with E-state index < -0.39 is 5.97 Å². The van der Waals surface area contributed by atoms with Gasteiger partial charge in [0.25, 0.3) is 0 Å². The van der Waals surface area contributed by atoms with Gasteiger partial charge in [-0.3, -0.25) is 0 Å². The first-order valence-corrected chi connectivity index (χ1v) is 5.91. The standard InChI is InChI=1S/C11H9NO4S/c1-17-6-2-3-7(9(13)4-6)8-5-10(11(14)15)16-12-8/h2-5,13H,1H3,(H,14,15). The molecule has 0 bridgehead atoms. The molecule has 2 rings (SSSR count). The SMILES string of the molecule is CSc1ccc(-c2cc(C(=O)O)on2)c(O)c1. The molecule has 1 heterocycles. The minimum absolute atomic E-state index is 0.0436. The highest BCUT2D eigenvalue weighted by Crippen LogP contribution is 2.31. The molecule has 0 radical (unpaired) electrons. The van der Waals surface area contributed by atoms with E-state index >= 15 is 0 Å². The third-order valence-electron chi connectivity index (χ3n) is 2.20. The molecule has 17 heavy (non-hydrogen) atoms. The number of aromatic hydroxyl groups is 1. The molecule has 5 nitrogen and oxygen atoms in total. The molecule has 0 unspecified atom stereocenters. The van der Waals surface area contributed by atoms with E-state index in [0.717, 1.165) is 4.90 Å². The maximum atomic E-state index is 10.6. The second-order valence-corrected chi connectivity index (χ2v) is 4.14. The molecule has 6 heteroatoms. The summed E-state index contributed by atoms with van der Waals surface area (Å²) in [4.78, 5) is 11.5. The summed E-state index contributed by atoms with van der Waals surface area (Å²) in [6.07, 6.45) is 1.90. The van der Waals surface area contributed by atoms with Gasteiger partial charge in [0.2, 0.25) is 5.76 Å². The number of hydrogen-bond donors (Lipinski definition) is 2. The molecule has 0 saturated heterocycles. The molecule has 1 aromatic carbocycles. The van der Waals surface area contributed by atoms with Crippen molar-refractivity contribution >= 4 is 17.7 Å². The van der Waals surface area contributed by atoms with Crippen molar-refractivity contribution in [3.8, 4) is 17.0 Å². The summed E-state index contributed by atoms with van der Waals surface area (Å²) >= 11 is 1.50. The molecule has 88 valence electrons. The van der Waals surface area contributed by atoms with Crippen molar-refractivity contribution in [3.05, 3.63) is 30.0 Å². The molecule has 0 aliphatic carbocycles. The zero-order valence-corrected chi connectivity index (χ0v) is 9.69. The van der Waals surface area contributed by atoms with Gasteiger partial charge in [0.1, 0.15) is 11.4 Å². The number of carboxylic acids is 1. The van der Waals surface area contributed by atoms with Crippen LogP contribution in [0.2, 0.25) is 0 Å². The minimum atomic E-state index is -1.19. The van der Waals surface area contributed by atoms with Gasteiger partial charge in [-0.15, -0.1) is 11.8 Å². The van der Waals surface area contributed by atoms with Crippen LogP contribution in [0.4, 0.5) is 0 Å². The van der Waals surface area contributed by atoms with Gasteiger partial charge >= 0.3 is 5.97 Å². The number of phenolic OH excluding ortho intramolecular Hbond substituents is 1. The summed E-state index contributed by atoms with van der Waals surface area (Å²) in [5.74, 6) is -1.40. The van der Waals surface area contributed by atoms with Crippen LogP contribution in [0.5, 0.6) is 5.75 Å². The number of carbonyl (C=O) groups is 1. The van der Waals surface area contributed by atoms with E-state index in [4.69, 9.17) is 5.11 Å². The van der Waals surface area contributed by atoms with Crippen LogP contribution in [0.1, 0.15) is 10.6 Å². The van der Waals surface area contributed by atoms with Crippen molar-refractivity contribution in [2.45, 2.75) is 4.90 Å². The fourth-order valence-corrected chi connectivity index (χ4v) is 1.79. The zero-order valence-electron chi connectivity index (χ0n) is 8.88. The lowest BCUT2D eigenvalue weighted by atomic mass is 10.1. The number of aromatic nitrogens is 1. The van der Waals surface area contributed by atoms with Crippen molar-refractivity contribution in [2.75, 3.05) is 6.26 Å². The monoisotopic (exact) mass is 251 g/mol. The van der Waals surface area contributed by atoms with Crippen LogP contribution in [-0.4, -0.2) is 27.6 Å². The first kappa shape index (κ1) is 11.5. The first-order chi connectivity index (χ1) is 8.11. The Bertz CT molecular complexity index is 564. The summed E-state index contributed by atoms with van der Waals surface area (Å²) in [5, 5.41) is 22.1. The molecular weight excluding hydrogens is 242 g/mol. The Morgan fingerprint density at radius 3 is 2.71 bits per heavy atom. The summed E-state index contributed by atoms with van der Waals surface area (Å²) in [5.41, 5.74) is 0.742. The molecule has 0 amide bonds. The summed E-state index contributed by atoms with van der Waals surface area (Å²) in [7, 11) is 0. The van der Waals surface area contributed by atoms with Crippen molar-refractivity contribution < 1.29 is 19.5 Å². The smallest absolute Gasteiger partial charge is 0.374 e. The fourth-order valence-electron chi connectivity index (χ4n) is 1.36. The van der Waals surface area contributed by atoms with Crippen molar-refractivity contribution in [2.24, 2.45) is 0 Å². The molecule has 1 aromatic heterocycles. The molecule has 2 N–H and O–H groups in total.